The fourth-order valence-electron chi connectivity index (χ4n) is 4.07. The lowest BCUT2D eigenvalue weighted by atomic mass is 10.2. The largest absolute Gasteiger partial charge is 0.224 e. The lowest BCUT2D eigenvalue weighted by Gasteiger charge is -2.45. The first-order valence-corrected chi connectivity index (χ1v) is 13.4. The second kappa shape index (κ2) is 5.60. The molecule has 2 unspecified atom stereocenters. The molecule has 2 aliphatic carbocycles. The summed E-state index contributed by atoms with van der Waals surface area (Å²) in [4.78, 5) is 3.12. The molecule has 0 aromatic carbocycles. The van der Waals surface area contributed by atoms with Gasteiger partial charge in [-0.2, -0.15) is 0 Å². The van der Waals surface area contributed by atoms with Crippen LogP contribution in [0.1, 0.15) is 45.2 Å². The van der Waals surface area contributed by atoms with E-state index in [2.05, 4.69) is 81.1 Å². The molecule has 0 aliphatic heterocycles. The van der Waals surface area contributed by atoms with Crippen LogP contribution in [0, 0.1) is 0 Å². The maximum Gasteiger partial charge on any atom is 0.0456 e. The molecular weight excluding hydrogens is 472 g/mol. The van der Waals surface area contributed by atoms with Crippen LogP contribution in [0.4, 0.5) is 0 Å². The minimum Gasteiger partial charge on any atom is -0.224 e. The first-order valence-electron chi connectivity index (χ1n) is 7.43. The molecule has 0 fully saturated rings. The minimum atomic E-state index is -0.894. The summed E-state index contributed by atoms with van der Waals surface area (Å²) in [7, 11) is -0.894. The van der Waals surface area contributed by atoms with E-state index in [1.54, 1.807) is 9.75 Å². The predicted octanol–water partition coefficient (Wildman–Crippen LogP) is 8.02. The van der Waals surface area contributed by atoms with Gasteiger partial charge in [-0.1, -0.05) is 23.3 Å². The van der Waals surface area contributed by atoms with E-state index in [9.17, 15) is 0 Å². The molecule has 0 nitrogen and oxygen atoms in total. The van der Waals surface area contributed by atoms with E-state index < -0.39 is 10.0 Å². The summed E-state index contributed by atoms with van der Waals surface area (Å²) in [6, 6.07) is 0. The van der Waals surface area contributed by atoms with Crippen LogP contribution in [0.15, 0.2) is 30.9 Å². The summed E-state index contributed by atoms with van der Waals surface area (Å²) in [5.74, 6) is 0. The standard InChI is InChI=1S/C18H18Br2S3/c1-9-5-11-13(19)7-21-15(11)17(9)23(3,4)18-10(2)6-12-14(20)8-22-16(12)18/h5-8,17-18H,1-4H3. The molecule has 2 aromatic rings. The Labute approximate surface area is 164 Å². The van der Waals surface area contributed by atoms with Crippen LogP contribution >= 0.6 is 64.6 Å². The van der Waals surface area contributed by atoms with Crippen molar-refractivity contribution >= 4 is 76.7 Å². The Kier molecular flexibility index (Phi) is 4.05. The third-order valence-corrected chi connectivity index (χ3v) is 12.9. The number of rotatable bonds is 2. The highest BCUT2D eigenvalue weighted by Crippen LogP contribution is 2.73. The van der Waals surface area contributed by atoms with E-state index in [0.29, 0.717) is 10.5 Å². The number of halogens is 2. The van der Waals surface area contributed by atoms with Gasteiger partial charge >= 0.3 is 0 Å². The maximum atomic E-state index is 3.72. The van der Waals surface area contributed by atoms with E-state index in [1.807, 2.05) is 22.7 Å². The molecule has 23 heavy (non-hydrogen) atoms. The normalized spacial score (nSPS) is 23.6. The Morgan fingerprint density at radius 3 is 1.61 bits per heavy atom. The van der Waals surface area contributed by atoms with Crippen molar-refractivity contribution in [3.8, 4) is 0 Å². The number of hydrogen-bond donors (Lipinski definition) is 0. The maximum absolute atomic E-state index is 3.72. The van der Waals surface area contributed by atoms with Gasteiger partial charge in [0.1, 0.15) is 0 Å². The molecule has 0 amide bonds. The van der Waals surface area contributed by atoms with Crippen molar-refractivity contribution in [3.05, 3.63) is 51.7 Å². The van der Waals surface area contributed by atoms with Gasteiger partial charge in [-0.25, -0.2) is 10.0 Å². The van der Waals surface area contributed by atoms with E-state index in [-0.39, 0.29) is 0 Å². The van der Waals surface area contributed by atoms with E-state index >= 15 is 0 Å². The zero-order valence-electron chi connectivity index (χ0n) is 13.4. The second-order valence-electron chi connectivity index (χ2n) is 6.75. The molecule has 122 valence electrons. The quantitative estimate of drug-likeness (QED) is 0.400. The third-order valence-electron chi connectivity index (χ3n) is 4.89. The van der Waals surface area contributed by atoms with Gasteiger partial charge in [0.2, 0.25) is 0 Å². The van der Waals surface area contributed by atoms with Crippen molar-refractivity contribution in [2.45, 2.75) is 24.3 Å². The Bertz CT molecular complexity index is 797. The fourth-order valence-corrected chi connectivity index (χ4v) is 13.0. The molecule has 5 heteroatoms. The molecule has 0 saturated carbocycles. The predicted molar refractivity (Wildman–Crippen MR) is 116 cm³/mol. The lowest BCUT2D eigenvalue weighted by molar-refractivity contribution is 1.09. The molecule has 0 N–H and O–H groups in total. The fraction of sp³-hybridized carbons (Fsp3) is 0.333. The van der Waals surface area contributed by atoms with E-state index in [1.165, 1.54) is 31.2 Å². The van der Waals surface area contributed by atoms with Crippen molar-refractivity contribution in [1.82, 2.24) is 0 Å². The molecule has 0 bridgehead atoms. The number of thiophene rings is 2. The van der Waals surface area contributed by atoms with Crippen LogP contribution in [0.25, 0.3) is 12.2 Å². The summed E-state index contributed by atoms with van der Waals surface area (Å²) >= 11 is 11.3. The summed E-state index contributed by atoms with van der Waals surface area (Å²) in [5.41, 5.74) is 5.91. The van der Waals surface area contributed by atoms with Crippen molar-refractivity contribution in [1.29, 1.82) is 0 Å². The van der Waals surface area contributed by atoms with E-state index in [4.69, 9.17) is 0 Å². The van der Waals surface area contributed by atoms with Gasteiger partial charge in [-0.05, 0) is 58.2 Å². The summed E-state index contributed by atoms with van der Waals surface area (Å²) in [6.07, 6.45) is 9.86. The Hall–Kier alpha value is 0.190. The van der Waals surface area contributed by atoms with Crippen LogP contribution < -0.4 is 0 Å². The first-order chi connectivity index (χ1) is 10.8. The van der Waals surface area contributed by atoms with Crippen molar-refractivity contribution < 1.29 is 0 Å². The molecule has 0 spiro atoms. The topological polar surface area (TPSA) is 0 Å². The Morgan fingerprint density at radius 1 is 0.826 bits per heavy atom. The average molecular weight is 490 g/mol. The van der Waals surface area contributed by atoms with Gasteiger partial charge in [0.05, 0.1) is 0 Å². The average Bonchev–Trinajstić information content (AvgIpc) is 3.16. The smallest absolute Gasteiger partial charge is 0.0456 e. The molecule has 2 aromatic heterocycles. The molecule has 0 radical (unpaired) electrons. The van der Waals surface area contributed by atoms with Crippen molar-refractivity contribution in [2.24, 2.45) is 0 Å². The first kappa shape index (κ1) is 16.6. The van der Waals surface area contributed by atoms with Crippen LogP contribution in [0.2, 0.25) is 0 Å². The Morgan fingerprint density at radius 2 is 1.22 bits per heavy atom. The molecule has 2 aliphatic rings. The van der Waals surface area contributed by atoms with Crippen LogP contribution in [-0.4, -0.2) is 12.5 Å². The number of hydrogen-bond acceptors (Lipinski definition) is 2. The number of fused-ring (bicyclic) bond motifs is 2. The zero-order chi connectivity index (χ0) is 16.5. The highest BCUT2D eigenvalue weighted by molar-refractivity contribution is 9.11. The molecule has 4 rings (SSSR count). The lowest BCUT2D eigenvalue weighted by Crippen LogP contribution is -2.15. The second-order valence-corrected chi connectivity index (χ2v) is 14.2. The van der Waals surface area contributed by atoms with Gasteiger partial charge in [0.25, 0.3) is 0 Å². The molecular formula is C18H18Br2S3. The van der Waals surface area contributed by atoms with Gasteiger partial charge in [-0.3, -0.25) is 0 Å². The van der Waals surface area contributed by atoms with Crippen LogP contribution in [0.5, 0.6) is 0 Å². The van der Waals surface area contributed by atoms with E-state index in [0.717, 1.165) is 0 Å². The summed E-state index contributed by atoms with van der Waals surface area (Å²) < 4.78 is 2.51. The molecule has 2 heterocycles. The highest BCUT2D eigenvalue weighted by Gasteiger charge is 2.43. The van der Waals surface area contributed by atoms with Gasteiger partial charge in [0.15, 0.2) is 0 Å². The molecule has 0 saturated heterocycles. The third kappa shape index (κ3) is 2.34. The SMILES string of the molecule is CC1=Cc2c(Br)csc2C1S(C)(C)C1C(C)=Cc2c(Br)csc21. The summed E-state index contributed by atoms with van der Waals surface area (Å²) in [6.45, 7) is 4.63. The van der Waals surface area contributed by atoms with Crippen LogP contribution in [0.3, 0.4) is 0 Å². The minimum absolute atomic E-state index is 0.578. The highest BCUT2D eigenvalue weighted by atomic mass is 79.9. The van der Waals surface area contributed by atoms with Crippen molar-refractivity contribution in [3.63, 3.8) is 0 Å². The monoisotopic (exact) mass is 488 g/mol. The Balaban J connectivity index is 1.83. The van der Waals surface area contributed by atoms with Crippen LogP contribution in [-0.2, 0) is 0 Å². The van der Waals surface area contributed by atoms with Crippen molar-refractivity contribution in [2.75, 3.05) is 12.5 Å². The van der Waals surface area contributed by atoms with Gasteiger partial charge < -0.3 is 0 Å². The van der Waals surface area contributed by atoms with Gasteiger partial charge in [-0.15, -0.1) is 22.7 Å². The molecule has 2 atom stereocenters. The van der Waals surface area contributed by atoms with Gasteiger partial charge in [0, 0.05) is 51.1 Å². The summed E-state index contributed by atoms with van der Waals surface area (Å²) in [5, 5.41) is 5.66. The zero-order valence-corrected chi connectivity index (χ0v) is 19.1.